The molecule has 0 bridgehead atoms. The van der Waals surface area contributed by atoms with E-state index < -0.39 is 10.0 Å². The molecule has 3 heterocycles. The fourth-order valence-electron chi connectivity index (χ4n) is 3.11. The molecule has 2 aliphatic heterocycles. The number of hydrogen-bond acceptors (Lipinski definition) is 4. The van der Waals surface area contributed by atoms with Crippen molar-refractivity contribution in [2.45, 2.75) is 37.3 Å². The van der Waals surface area contributed by atoms with Gasteiger partial charge in [-0.25, -0.2) is 13.4 Å². The molecule has 1 aromatic heterocycles. The molecule has 3 rings (SSSR count). The predicted octanol–water partition coefficient (Wildman–Crippen LogP) is 0.871. The summed E-state index contributed by atoms with van der Waals surface area (Å²) in [5, 5.41) is 3.36. The lowest BCUT2D eigenvalue weighted by molar-refractivity contribution is 0.449. The molecule has 1 unspecified atom stereocenters. The van der Waals surface area contributed by atoms with Gasteiger partial charge in [-0.05, 0) is 38.8 Å². The van der Waals surface area contributed by atoms with Crippen LogP contribution in [0.2, 0.25) is 0 Å². The number of sulfonamides is 1. The van der Waals surface area contributed by atoms with Crippen molar-refractivity contribution in [3.63, 3.8) is 0 Å². The van der Waals surface area contributed by atoms with Crippen LogP contribution < -0.4 is 5.32 Å². The summed E-state index contributed by atoms with van der Waals surface area (Å²) in [5.41, 5.74) is 0. The summed E-state index contributed by atoms with van der Waals surface area (Å²) in [4.78, 5) is 4.36. The van der Waals surface area contributed by atoms with E-state index in [2.05, 4.69) is 10.3 Å². The predicted molar refractivity (Wildman–Crippen MR) is 83.2 cm³/mol. The molecule has 120 valence electrons. The smallest absolute Gasteiger partial charge is 0.262 e. The number of aromatic nitrogens is 2. The van der Waals surface area contributed by atoms with Crippen LogP contribution in [0.25, 0.3) is 0 Å². The molecule has 1 N–H and O–H groups in total. The Morgan fingerprint density at radius 1 is 1.38 bits per heavy atom. The van der Waals surface area contributed by atoms with E-state index in [1.54, 1.807) is 10.5 Å². The van der Waals surface area contributed by atoms with Crippen molar-refractivity contribution in [1.29, 1.82) is 0 Å². The Kier molecular flexibility index (Phi) is 5.29. The highest BCUT2D eigenvalue weighted by atomic mass is 35.5. The van der Waals surface area contributed by atoms with E-state index in [0.717, 1.165) is 44.6 Å². The monoisotopic (exact) mass is 334 g/mol. The van der Waals surface area contributed by atoms with Gasteiger partial charge in [0, 0.05) is 32.3 Å². The first kappa shape index (κ1) is 16.7. The zero-order chi connectivity index (χ0) is 14.2. The molecular formula is C13H23ClN4O2S. The summed E-state index contributed by atoms with van der Waals surface area (Å²) in [6.07, 6.45) is 5.74. The lowest BCUT2D eigenvalue weighted by Crippen LogP contribution is -2.30. The highest BCUT2D eigenvalue weighted by Gasteiger charge is 2.34. The minimum absolute atomic E-state index is 0. The summed E-state index contributed by atoms with van der Waals surface area (Å²) in [6.45, 7) is 2.97. The van der Waals surface area contributed by atoms with Crippen molar-refractivity contribution in [2.24, 2.45) is 5.92 Å². The average molecular weight is 335 g/mol. The normalized spacial score (nSPS) is 22.8. The molecule has 6 nitrogen and oxygen atoms in total. The van der Waals surface area contributed by atoms with Crippen LogP contribution in [0, 0.1) is 5.92 Å². The number of fused-ring (bicyclic) bond motifs is 1. The number of aryl methyl sites for hydroxylation is 2. The van der Waals surface area contributed by atoms with Crippen LogP contribution in [0.1, 0.15) is 25.1 Å². The molecule has 21 heavy (non-hydrogen) atoms. The first-order chi connectivity index (χ1) is 9.61. The molecule has 2 aliphatic rings. The first-order valence-electron chi connectivity index (χ1n) is 7.32. The maximum Gasteiger partial charge on any atom is 0.262 e. The molecular weight excluding hydrogens is 312 g/mol. The second-order valence-corrected chi connectivity index (χ2v) is 7.61. The maximum atomic E-state index is 12.6. The largest absolute Gasteiger partial charge is 0.333 e. The third-order valence-electron chi connectivity index (χ3n) is 4.23. The third-order valence-corrected chi connectivity index (χ3v) is 5.97. The van der Waals surface area contributed by atoms with Gasteiger partial charge in [0.1, 0.15) is 5.82 Å². The summed E-state index contributed by atoms with van der Waals surface area (Å²) in [5.74, 6) is 1.33. The first-order valence-corrected chi connectivity index (χ1v) is 8.76. The second kappa shape index (κ2) is 6.64. The van der Waals surface area contributed by atoms with E-state index in [4.69, 9.17) is 0 Å². The molecule has 0 radical (unpaired) electrons. The van der Waals surface area contributed by atoms with Gasteiger partial charge in [-0.1, -0.05) is 0 Å². The number of imidazole rings is 1. The maximum absolute atomic E-state index is 12.6. The highest BCUT2D eigenvalue weighted by Crippen LogP contribution is 2.25. The van der Waals surface area contributed by atoms with Gasteiger partial charge < -0.3 is 9.88 Å². The minimum atomic E-state index is -3.41. The van der Waals surface area contributed by atoms with Gasteiger partial charge in [0.25, 0.3) is 10.0 Å². The van der Waals surface area contributed by atoms with Gasteiger partial charge in [0.05, 0.1) is 0 Å². The van der Waals surface area contributed by atoms with E-state index in [-0.39, 0.29) is 17.4 Å². The van der Waals surface area contributed by atoms with Gasteiger partial charge >= 0.3 is 0 Å². The van der Waals surface area contributed by atoms with E-state index in [9.17, 15) is 8.42 Å². The Morgan fingerprint density at radius 2 is 2.19 bits per heavy atom. The van der Waals surface area contributed by atoms with Crippen LogP contribution in [-0.2, 0) is 23.0 Å². The quantitative estimate of drug-likeness (QED) is 0.887. The van der Waals surface area contributed by atoms with Crippen LogP contribution in [0.4, 0.5) is 0 Å². The van der Waals surface area contributed by atoms with Crippen LogP contribution in [0.3, 0.4) is 0 Å². The fourth-order valence-corrected chi connectivity index (χ4v) is 4.61. The Balaban J connectivity index is 0.00000161. The van der Waals surface area contributed by atoms with E-state index in [0.29, 0.717) is 19.0 Å². The Morgan fingerprint density at radius 3 is 2.90 bits per heavy atom. The van der Waals surface area contributed by atoms with Crippen molar-refractivity contribution in [1.82, 2.24) is 19.2 Å². The Hall–Kier alpha value is -0.630. The number of nitrogens with one attached hydrogen (secondary N) is 1. The van der Waals surface area contributed by atoms with Gasteiger partial charge in [0.2, 0.25) is 0 Å². The van der Waals surface area contributed by atoms with Crippen molar-refractivity contribution in [2.75, 3.05) is 26.7 Å². The molecule has 1 fully saturated rings. The second-order valence-electron chi connectivity index (χ2n) is 5.72. The number of hydrogen-bond donors (Lipinski definition) is 1. The molecule has 0 amide bonds. The minimum Gasteiger partial charge on any atom is -0.333 e. The molecule has 1 aromatic rings. The summed E-state index contributed by atoms with van der Waals surface area (Å²) in [6, 6.07) is 0. The standard InChI is InChI=1S/C13H22N4O2S.ClH/c1-14-8-11-5-7-17(9-11)20(18,19)13-10-16-6-3-2-4-12(16)15-13;/h10-11,14H,2-9H2,1H3;1H. The Labute approximate surface area is 132 Å². The van der Waals surface area contributed by atoms with E-state index >= 15 is 0 Å². The lowest BCUT2D eigenvalue weighted by atomic mass is 10.1. The SMILES string of the molecule is CNCC1CCN(S(=O)(=O)c2cn3c(n2)CCCC3)C1.Cl. The summed E-state index contributed by atoms with van der Waals surface area (Å²) >= 11 is 0. The number of halogens is 1. The lowest BCUT2D eigenvalue weighted by Gasteiger charge is -2.14. The van der Waals surface area contributed by atoms with E-state index in [1.807, 2.05) is 11.6 Å². The number of nitrogens with zero attached hydrogens (tertiary/aromatic N) is 3. The van der Waals surface area contributed by atoms with Crippen molar-refractivity contribution in [3.8, 4) is 0 Å². The van der Waals surface area contributed by atoms with Crippen LogP contribution >= 0.6 is 12.4 Å². The number of rotatable bonds is 4. The van der Waals surface area contributed by atoms with Crippen LogP contribution in [-0.4, -0.2) is 49.0 Å². The molecule has 1 saturated heterocycles. The van der Waals surface area contributed by atoms with Gasteiger partial charge in [0.15, 0.2) is 5.03 Å². The van der Waals surface area contributed by atoms with Crippen LogP contribution in [0.5, 0.6) is 0 Å². The van der Waals surface area contributed by atoms with Gasteiger partial charge in [-0.2, -0.15) is 4.31 Å². The van der Waals surface area contributed by atoms with Crippen molar-refractivity contribution in [3.05, 3.63) is 12.0 Å². The van der Waals surface area contributed by atoms with Gasteiger partial charge in [-0.15, -0.1) is 12.4 Å². The molecule has 0 aliphatic carbocycles. The van der Waals surface area contributed by atoms with Crippen molar-refractivity contribution < 1.29 is 8.42 Å². The Bertz CT molecular complexity index is 563. The molecule has 0 saturated carbocycles. The van der Waals surface area contributed by atoms with Gasteiger partial charge in [-0.3, -0.25) is 0 Å². The van der Waals surface area contributed by atoms with Crippen molar-refractivity contribution >= 4 is 22.4 Å². The molecule has 1 atom stereocenters. The summed E-state index contributed by atoms with van der Waals surface area (Å²) in [7, 11) is -1.51. The highest BCUT2D eigenvalue weighted by molar-refractivity contribution is 7.89. The average Bonchev–Trinajstić information content (AvgIpc) is 3.05. The molecule has 8 heteroatoms. The topological polar surface area (TPSA) is 67.2 Å². The fraction of sp³-hybridized carbons (Fsp3) is 0.769. The zero-order valence-corrected chi connectivity index (χ0v) is 13.9. The zero-order valence-electron chi connectivity index (χ0n) is 12.3. The molecule has 0 spiro atoms. The summed E-state index contributed by atoms with van der Waals surface area (Å²) < 4.78 is 28.8. The van der Waals surface area contributed by atoms with E-state index in [1.165, 1.54) is 0 Å². The van der Waals surface area contributed by atoms with Crippen LogP contribution in [0.15, 0.2) is 11.2 Å². The third kappa shape index (κ3) is 3.26. The molecule has 0 aromatic carbocycles.